The lowest BCUT2D eigenvalue weighted by Crippen LogP contribution is -2.47. The van der Waals surface area contributed by atoms with Crippen LogP contribution in [0, 0.1) is 0 Å². The lowest BCUT2D eigenvalue weighted by Gasteiger charge is -2.30. The van der Waals surface area contributed by atoms with Gasteiger partial charge in [0.25, 0.3) is 5.92 Å². The van der Waals surface area contributed by atoms with Gasteiger partial charge in [0, 0.05) is 7.11 Å². The van der Waals surface area contributed by atoms with Crippen LogP contribution in [0.2, 0.25) is 0 Å². The van der Waals surface area contributed by atoms with Crippen LogP contribution in [-0.2, 0) is 4.74 Å². The van der Waals surface area contributed by atoms with Crippen molar-refractivity contribution in [2.24, 2.45) is 0 Å². The van der Waals surface area contributed by atoms with E-state index in [1.807, 2.05) is 0 Å². The Morgan fingerprint density at radius 1 is 1.00 bits per heavy atom. The van der Waals surface area contributed by atoms with Gasteiger partial charge < -0.3 is 4.74 Å². The molecule has 0 aromatic heterocycles. The van der Waals surface area contributed by atoms with E-state index in [-0.39, 0.29) is 21.8 Å². The monoisotopic (exact) mass is 256 g/mol. The Balaban J connectivity index is -0.000000845. The highest BCUT2D eigenvalue weighted by Crippen LogP contribution is 2.40. The summed E-state index contributed by atoms with van der Waals surface area (Å²) in [4.78, 5) is 0. The fraction of sp³-hybridized carbons (Fsp3) is 1.00. The number of methoxy groups -OCH3 is 1. The van der Waals surface area contributed by atoms with E-state index in [0.717, 1.165) is 0 Å². The van der Waals surface area contributed by atoms with E-state index in [4.69, 9.17) is 0 Å². The predicted octanol–water partition coefficient (Wildman–Crippen LogP) is 4.22. The normalized spacial score (nSPS) is 15.8. The summed E-state index contributed by atoms with van der Waals surface area (Å²) >= 11 is 0. The molecular weight excluding hydrogens is 238 g/mol. The van der Waals surface area contributed by atoms with Crippen LogP contribution < -0.4 is 0 Å². The molecule has 102 valence electrons. The molecule has 0 aliphatic heterocycles. The molecule has 0 spiro atoms. The van der Waals surface area contributed by atoms with Crippen LogP contribution in [-0.4, -0.2) is 31.5 Å². The third-order valence-corrected chi connectivity index (χ3v) is 1.65. The minimum atomic E-state index is -4.37. The van der Waals surface area contributed by atoms with E-state index >= 15 is 0 Å². The van der Waals surface area contributed by atoms with Gasteiger partial charge in [0.15, 0.2) is 6.67 Å². The Labute approximate surface area is 91.8 Å². The van der Waals surface area contributed by atoms with Crippen molar-refractivity contribution in [1.29, 1.82) is 0 Å². The first kappa shape index (κ1) is 20.9. The van der Waals surface area contributed by atoms with Gasteiger partial charge in [-0.05, 0) is 6.92 Å². The second-order valence-electron chi connectivity index (χ2n) is 3.08. The van der Waals surface area contributed by atoms with Gasteiger partial charge in [-0.15, -0.1) is 0 Å². The van der Waals surface area contributed by atoms with Crippen LogP contribution in [0.5, 0.6) is 0 Å². The summed E-state index contributed by atoms with van der Waals surface area (Å²) in [5.74, 6) is -4.12. The average Bonchev–Trinajstić information content (AvgIpc) is 2.02. The maximum atomic E-state index is 13.0. The number of alkyl halides is 6. The van der Waals surface area contributed by atoms with E-state index < -0.39 is 30.8 Å². The van der Waals surface area contributed by atoms with E-state index in [2.05, 4.69) is 4.74 Å². The van der Waals surface area contributed by atoms with Crippen molar-refractivity contribution < 1.29 is 31.1 Å². The molecule has 0 saturated carbocycles. The molecule has 0 fully saturated rings. The first-order valence-corrected chi connectivity index (χ1v) is 3.64. The highest BCUT2D eigenvalue weighted by molar-refractivity contribution is 4.88. The molecule has 0 aliphatic carbocycles. The molecule has 0 N–H and O–H groups in total. The van der Waals surface area contributed by atoms with Crippen molar-refractivity contribution in [1.82, 2.24) is 0 Å². The van der Waals surface area contributed by atoms with Crippen molar-refractivity contribution >= 4 is 0 Å². The SMILES string of the molecule is C.C.COC(F)(F)C(C)(F)CC(F)(F)CF. The zero-order valence-corrected chi connectivity index (χ0v) is 7.59. The second-order valence-corrected chi connectivity index (χ2v) is 3.08. The fourth-order valence-electron chi connectivity index (χ4n) is 0.849. The zero-order valence-electron chi connectivity index (χ0n) is 7.59. The Kier molecular flexibility index (Phi) is 8.25. The van der Waals surface area contributed by atoms with Crippen LogP contribution in [0.1, 0.15) is 28.2 Å². The smallest absolute Gasteiger partial charge is 0.321 e. The molecule has 0 rings (SSSR count). The molecule has 0 saturated heterocycles. The maximum Gasteiger partial charge on any atom is 0.389 e. The number of rotatable bonds is 5. The average molecular weight is 256 g/mol. The summed E-state index contributed by atoms with van der Waals surface area (Å²) in [6.07, 6.45) is -6.30. The van der Waals surface area contributed by atoms with Crippen LogP contribution in [0.3, 0.4) is 0 Å². The van der Waals surface area contributed by atoms with Crippen molar-refractivity contribution in [3.63, 3.8) is 0 Å². The van der Waals surface area contributed by atoms with Gasteiger partial charge in [-0.25, -0.2) is 17.6 Å². The van der Waals surface area contributed by atoms with E-state index in [0.29, 0.717) is 7.11 Å². The van der Waals surface area contributed by atoms with Crippen molar-refractivity contribution in [2.45, 2.75) is 45.9 Å². The van der Waals surface area contributed by atoms with Crippen LogP contribution >= 0.6 is 0 Å². The molecule has 0 heterocycles. The quantitative estimate of drug-likeness (QED) is 0.669. The largest absolute Gasteiger partial charge is 0.389 e. The molecule has 0 aromatic carbocycles. The van der Waals surface area contributed by atoms with E-state index in [1.54, 1.807) is 0 Å². The standard InChI is InChI=1S/C7H10F6O.2CH4/c1-5(9,7(12,13)14-2)3-6(10,11)4-8;;/h3-4H2,1-2H3;2*1H4. The van der Waals surface area contributed by atoms with Crippen LogP contribution in [0.4, 0.5) is 26.3 Å². The first-order chi connectivity index (χ1) is 6.08. The highest BCUT2D eigenvalue weighted by Gasteiger charge is 2.56. The minimum absolute atomic E-state index is 0. The first-order valence-electron chi connectivity index (χ1n) is 3.64. The van der Waals surface area contributed by atoms with E-state index in [1.165, 1.54) is 0 Å². The minimum Gasteiger partial charge on any atom is -0.321 e. The summed E-state index contributed by atoms with van der Waals surface area (Å²) in [7, 11) is 0.478. The predicted molar refractivity (Wildman–Crippen MR) is 50.5 cm³/mol. The Bertz CT molecular complexity index is 192. The van der Waals surface area contributed by atoms with Crippen LogP contribution in [0.15, 0.2) is 0 Å². The lowest BCUT2D eigenvalue weighted by molar-refractivity contribution is -0.305. The molecule has 0 amide bonds. The number of ether oxygens (including phenoxy) is 1. The molecule has 1 atom stereocenters. The molecular formula is C9H18F6O. The van der Waals surface area contributed by atoms with Crippen molar-refractivity contribution in [3.8, 4) is 0 Å². The summed E-state index contributed by atoms with van der Waals surface area (Å²) in [5, 5.41) is 0. The summed E-state index contributed by atoms with van der Waals surface area (Å²) in [6.45, 7) is -1.95. The van der Waals surface area contributed by atoms with Gasteiger partial charge in [0.05, 0.1) is 6.42 Å². The zero-order chi connectivity index (χ0) is 11.6. The fourth-order valence-corrected chi connectivity index (χ4v) is 0.849. The van der Waals surface area contributed by atoms with Gasteiger partial charge >= 0.3 is 6.11 Å². The van der Waals surface area contributed by atoms with E-state index in [9.17, 15) is 26.3 Å². The molecule has 16 heavy (non-hydrogen) atoms. The summed E-state index contributed by atoms with van der Waals surface area (Å²) in [6, 6.07) is 0. The van der Waals surface area contributed by atoms with Crippen molar-refractivity contribution in [3.05, 3.63) is 0 Å². The molecule has 1 unspecified atom stereocenters. The van der Waals surface area contributed by atoms with Crippen molar-refractivity contribution in [2.75, 3.05) is 13.8 Å². The Morgan fingerprint density at radius 2 is 1.38 bits per heavy atom. The summed E-state index contributed by atoms with van der Waals surface area (Å²) in [5.41, 5.74) is -3.61. The van der Waals surface area contributed by atoms with Gasteiger partial charge in [0.2, 0.25) is 5.67 Å². The molecule has 7 heteroatoms. The molecule has 0 aromatic rings. The number of hydrogen-bond donors (Lipinski definition) is 0. The number of halogens is 6. The highest BCUT2D eigenvalue weighted by atomic mass is 19.3. The second kappa shape index (κ2) is 6.32. The van der Waals surface area contributed by atoms with Gasteiger partial charge in [0.1, 0.15) is 0 Å². The third kappa shape index (κ3) is 5.05. The molecule has 0 radical (unpaired) electrons. The van der Waals surface area contributed by atoms with Crippen LogP contribution in [0.25, 0.3) is 0 Å². The molecule has 1 nitrogen and oxygen atoms in total. The molecule has 0 aliphatic rings. The maximum absolute atomic E-state index is 13.0. The lowest BCUT2D eigenvalue weighted by atomic mass is 9.99. The summed E-state index contributed by atoms with van der Waals surface area (Å²) < 4.78 is 77.8. The number of hydrogen-bond acceptors (Lipinski definition) is 1. The topological polar surface area (TPSA) is 9.23 Å². The Morgan fingerprint density at radius 3 is 1.62 bits per heavy atom. The van der Waals surface area contributed by atoms with Gasteiger partial charge in [-0.1, -0.05) is 14.9 Å². The van der Waals surface area contributed by atoms with Gasteiger partial charge in [-0.3, -0.25) is 0 Å². The molecule has 0 bridgehead atoms. The van der Waals surface area contributed by atoms with Gasteiger partial charge in [-0.2, -0.15) is 8.78 Å². The Hall–Kier alpha value is -0.460. The third-order valence-electron chi connectivity index (χ3n) is 1.65.